The normalized spacial score (nSPS) is 26.3. The molecule has 3 fully saturated rings. The van der Waals surface area contributed by atoms with Gasteiger partial charge in [-0.1, -0.05) is 13.5 Å². The zero-order valence-electron chi connectivity index (χ0n) is 19.1. The van der Waals surface area contributed by atoms with Crippen LogP contribution in [0.4, 0.5) is 14.5 Å². The zero-order chi connectivity index (χ0) is 22.2. The van der Waals surface area contributed by atoms with E-state index in [-0.39, 0.29) is 11.4 Å². The van der Waals surface area contributed by atoms with Crippen LogP contribution >= 0.6 is 0 Å². The lowest BCUT2D eigenvalue weighted by Crippen LogP contribution is -2.52. The minimum atomic E-state index is -0.613. The first kappa shape index (κ1) is 22.2. The van der Waals surface area contributed by atoms with E-state index in [1.54, 1.807) is 6.07 Å². The van der Waals surface area contributed by atoms with Crippen LogP contribution < -0.4 is 5.32 Å². The molecule has 31 heavy (non-hydrogen) atoms. The van der Waals surface area contributed by atoms with E-state index in [9.17, 15) is 8.78 Å². The van der Waals surface area contributed by atoms with Gasteiger partial charge in [0.05, 0.1) is 11.9 Å². The van der Waals surface area contributed by atoms with Crippen molar-refractivity contribution in [2.24, 2.45) is 10.9 Å². The summed E-state index contributed by atoms with van der Waals surface area (Å²) in [7, 11) is 0. The Bertz CT molecular complexity index is 898. The van der Waals surface area contributed by atoms with Crippen LogP contribution in [0, 0.1) is 11.7 Å². The Morgan fingerprint density at radius 2 is 2.10 bits per heavy atom. The summed E-state index contributed by atoms with van der Waals surface area (Å²) in [5, 5.41) is 3.17. The molecule has 2 aliphatic heterocycles. The predicted molar refractivity (Wildman–Crippen MR) is 125 cm³/mol. The number of piperidine rings is 1. The van der Waals surface area contributed by atoms with Crippen LogP contribution in [0.2, 0.25) is 0 Å². The number of hydrogen-bond acceptors (Lipinski definition) is 3. The summed E-state index contributed by atoms with van der Waals surface area (Å²) in [6.45, 7) is 11.1. The molecule has 0 aromatic heterocycles. The van der Waals surface area contributed by atoms with Gasteiger partial charge in [-0.05, 0) is 107 Å². The molecule has 0 spiro atoms. The van der Waals surface area contributed by atoms with Gasteiger partial charge < -0.3 is 5.32 Å². The lowest BCUT2D eigenvalue weighted by Gasteiger charge is -2.47. The predicted octanol–water partition coefficient (Wildman–Crippen LogP) is 6.73. The maximum Gasteiger partial charge on any atom is 0.146 e. The first-order valence-corrected chi connectivity index (χ1v) is 11.7. The van der Waals surface area contributed by atoms with Crippen LogP contribution in [0.3, 0.4) is 0 Å². The van der Waals surface area contributed by atoms with E-state index < -0.39 is 5.83 Å². The van der Waals surface area contributed by atoms with E-state index >= 15 is 0 Å². The van der Waals surface area contributed by atoms with Gasteiger partial charge in [-0.15, -0.1) is 0 Å². The number of anilines is 1. The summed E-state index contributed by atoms with van der Waals surface area (Å²) in [5.41, 5.74) is 2.83. The highest BCUT2D eigenvalue weighted by molar-refractivity contribution is 5.76. The standard InChI is InChI=1S/C26H35F2N3/c1-5-19-13-24(23(28)14-22(19)20-8-9-20)30-25(29-16-17(2)27)12-18-11-21-7-6-10-31(21)26(3,4)15-18/h12-14,16,18,20-21,30H,2,5-11,15H2,1,3-4H3/t18?,21-/m1/s1. The number of aliphatic imine (C=N–C) groups is 1. The molecule has 4 rings (SSSR count). The maximum atomic E-state index is 15.0. The minimum absolute atomic E-state index is 0.117. The Kier molecular flexibility index (Phi) is 6.34. The summed E-state index contributed by atoms with van der Waals surface area (Å²) < 4.78 is 28.3. The topological polar surface area (TPSA) is 27.6 Å². The summed E-state index contributed by atoms with van der Waals surface area (Å²) >= 11 is 0. The van der Waals surface area contributed by atoms with E-state index in [1.807, 2.05) is 6.07 Å². The Labute approximate surface area is 185 Å². The maximum absolute atomic E-state index is 15.0. The molecule has 1 aromatic rings. The Balaban J connectivity index is 1.60. The molecular formula is C26H35F2N3. The fraction of sp³-hybridized carbons (Fsp3) is 0.577. The molecule has 0 radical (unpaired) electrons. The third-order valence-electron chi connectivity index (χ3n) is 7.12. The largest absolute Gasteiger partial charge is 0.338 e. The number of fused-ring (bicyclic) bond motifs is 1. The van der Waals surface area contributed by atoms with Crippen molar-refractivity contribution in [1.82, 2.24) is 4.90 Å². The fourth-order valence-electron chi connectivity index (χ4n) is 5.62. The molecule has 5 heteroatoms. The van der Waals surface area contributed by atoms with Crippen LogP contribution in [-0.4, -0.2) is 29.2 Å². The highest BCUT2D eigenvalue weighted by Crippen LogP contribution is 2.44. The van der Waals surface area contributed by atoms with E-state index in [2.05, 4.69) is 48.6 Å². The summed E-state index contributed by atoms with van der Waals surface area (Å²) in [4.78, 5) is 6.91. The van der Waals surface area contributed by atoms with Gasteiger partial charge in [-0.3, -0.25) is 4.90 Å². The Hall–Kier alpha value is -2.01. The van der Waals surface area contributed by atoms with Gasteiger partial charge in [0.2, 0.25) is 0 Å². The number of halogens is 2. The van der Waals surface area contributed by atoms with Crippen molar-refractivity contribution in [3.05, 3.63) is 53.4 Å². The third-order valence-corrected chi connectivity index (χ3v) is 7.12. The van der Waals surface area contributed by atoms with Crippen LogP contribution in [0.5, 0.6) is 0 Å². The van der Waals surface area contributed by atoms with Gasteiger partial charge in [0, 0.05) is 11.6 Å². The van der Waals surface area contributed by atoms with Crippen LogP contribution in [0.25, 0.3) is 0 Å². The van der Waals surface area contributed by atoms with Crippen molar-refractivity contribution >= 4 is 11.9 Å². The molecule has 1 saturated carbocycles. The van der Waals surface area contributed by atoms with Crippen molar-refractivity contribution in [1.29, 1.82) is 0 Å². The first-order valence-electron chi connectivity index (χ1n) is 11.7. The van der Waals surface area contributed by atoms with Crippen molar-refractivity contribution in [2.45, 2.75) is 83.2 Å². The number of nitrogens with zero attached hydrogens (tertiary/aromatic N) is 2. The average Bonchev–Trinajstić information content (AvgIpc) is 3.43. The number of hydrogen-bond donors (Lipinski definition) is 1. The second-order valence-electron chi connectivity index (χ2n) is 10.0. The molecule has 0 bridgehead atoms. The lowest BCUT2D eigenvalue weighted by atomic mass is 9.79. The van der Waals surface area contributed by atoms with Crippen LogP contribution in [0.15, 0.2) is 41.4 Å². The molecule has 1 unspecified atom stereocenters. The first-order chi connectivity index (χ1) is 14.8. The molecule has 1 aliphatic carbocycles. The zero-order valence-corrected chi connectivity index (χ0v) is 19.1. The average molecular weight is 428 g/mol. The van der Waals surface area contributed by atoms with Gasteiger partial charge in [0.15, 0.2) is 0 Å². The van der Waals surface area contributed by atoms with Gasteiger partial charge in [0.25, 0.3) is 0 Å². The molecule has 3 nitrogen and oxygen atoms in total. The molecule has 2 atom stereocenters. The van der Waals surface area contributed by atoms with Crippen molar-refractivity contribution in [3.63, 3.8) is 0 Å². The van der Waals surface area contributed by atoms with E-state index in [0.717, 1.165) is 50.4 Å². The molecule has 0 amide bonds. The molecule has 1 N–H and O–H groups in total. The van der Waals surface area contributed by atoms with E-state index in [4.69, 9.17) is 0 Å². The smallest absolute Gasteiger partial charge is 0.146 e. The van der Waals surface area contributed by atoms with Crippen molar-refractivity contribution < 1.29 is 8.78 Å². The Morgan fingerprint density at radius 3 is 2.77 bits per heavy atom. The molecular weight excluding hydrogens is 392 g/mol. The van der Waals surface area contributed by atoms with E-state index in [0.29, 0.717) is 29.4 Å². The highest BCUT2D eigenvalue weighted by atomic mass is 19.1. The summed E-state index contributed by atoms with van der Waals surface area (Å²) in [5.74, 6) is 0.412. The lowest BCUT2D eigenvalue weighted by molar-refractivity contribution is 0.0373. The monoisotopic (exact) mass is 427 g/mol. The molecule has 1 aromatic carbocycles. The van der Waals surface area contributed by atoms with Gasteiger partial charge in [0.1, 0.15) is 17.5 Å². The number of allylic oxidation sites excluding steroid dienone is 2. The van der Waals surface area contributed by atoms with Crippen LogP contribution in [0.1, 0.15) is 76.3 Å². The molecule has 168 valence electrons. The highest BCUT2D eigenvalue weighted by Gasteiger charge is 2.42. The second-order valence-corrected chi connectivity index (χ2v) is 10.0. The second kappa shape index (κ2) is 8.85. The van der Waals surface area contributed by atoms with Crippen molar-refractivity contribution in [3.8, 4) is 0 Å². The fourth-order valence-corrected chi connectivity index (χ4v) is 5.62. The van der Waals surface area contributed by atoms with Gasteiger partial charge in [-0.25, -0.2) is 13.8 Å². The summed E-state index contributed by atoms with van der Waals surface area (Å²) in [6.07, 6.45) is 10.8. The molecule has 3 aliphatic rings. The number of rotatable bonds is 7. The quantitative estimate of drug-likeness (QED) is 0.489. The third kappa shape index (κ3) is 5.08. The van der Waals surface area contributed by atoms with Gasteiger partial charge >= 0.3 is 0 Å². The SMILES string of the molecule is C=C(F)C=NC(=CC1C[C@H]2CCCN2C(C)(C)C1)Nc1cc(CC)c(C2CC2)cc1F. The van der Waals surface area contributed by atoms with E-state index in [1.165, 1.54) is 18.4 Å². The van der Waals surface area contributed by atoms with Gasteiger partial charge in [-0.2, -0.15) is 0 Å². The van der Waals surface area contributed by atoms with Crippen LogP contribution in [-0.2, 0) is 6.42 Å². The molecule has 2 heterocycles. The summed E-state index contributed by atoms with van der Waals surface area (Å²) in [6, 6.07) is 4.15. The Morgan fingerprint density at radius 1 is 1.32 bits per heavy atom. The number of benzene rings is 1. The molecule has 2 saturated heterocycles. The van der Waals surface area contributed by atoms with Crippen molar-refractivity contribution in [2.75, 3.05) is 11.9 Å². The number of aryl methyl sites for hydroxylation is 1. The number of nitrogens with one attached hydrogen (secondary N) is 1. The minimum Gasteiger partial charge on any atom is -0.338 e.